The Kier molecular flexibility index (Phi) is 2.93. The summed E-state index contributed by atoms with van der Waals surface area (Å²) in [5.74, 6) is 0. The number of alkyl halides is 3. The van der Waals surface area contributed by atoms with E-state index in [9.17, 15) is 21.6 Å². The zero-order valence-electron chi connectivity index (χ0n) is 8.92. The van der Waals surface area contributed by atoms with Crippen LogP contribution in [0.2, 0.25) is 0 Å². The maximum absolute atomic E-state index is 12.4. The fourth-order valence-electron chi connectivity index (χ4n) is 2.01. The first-order valence-corrected chi connectivity index (χ1v) is 6.74. The molecule has 6 heteroatoms. The molecule has 0 aliphatic heterocycles. The SMILES string of the molecule is O=S(=O)(c1ccc2c(c1)CCCC2)C(F)(F)F. The lowest BCUT2D eigenvalue weighted by molar-refractivity contribution is -0.0436. The van der Waals surface area contributed by atoms with E-state index in [0.29, 0.717) is 6.42 Å². The average Bonchev–Trinajstić information content (AvgIpc) is 2.27. The number of hydrogen-bond acceptors (Lipinski definition) is 2. The van der Waals surface area contributed by atoms with Gasteiger partial charge in [0.05, 0.1) is 4.90 Å². The van der Waals surface area contributed by atoms with Crippen molar-refractivity contribution in [3.05, 3.63) is 29.3 Å². The Labute approximate surface area is 97.4 Å². The molecule has 17 heavy (non-hydrogen) atoms. The van der Waals surface area contributed by atoms with Gasteiger partial charge in [0.25, 0.3) is 9.84 Å². The Morgan fingerprint density at radius 3 is 2.18 bits per heavy atom. The Hall–Kier alpha value is -1.04. The summed E-state index contributed by atoms with van der Waals surface area (Å²) in [5.41, 5.74) is -3.55. The molecule has 0 unspecified atom stereocenters. The van der Waals surface area contributed by atoms with Crippen LogP contribution in [0.25, 0.3) is 0 Å². The van der Waals surface area contributed by atoms with Crippen LogP contribution in [0.1, 0.15) is 24.0 Å². The summed E-state index contributed by atoms with van der Waals surface area (Å²) >= 11 is 0. The Balaban J connectivity index is 2.48. The smallest absolute Gasteiger partial charge is 0.214 e. The third kappa shape index (κ3) is 2.18. The number of rotatable bonds is 1. The van der Waals surface area contributed by atoms with E-state index in [2.05, 4.69) is 0 Å². The van der Waals surface area contributed by atoms with Gasteiger partial charge < -0.3 is 0 Å². The highest BCUT2D eigenvalue weighted by molar-refractivity contribution is 7.92. The van der Waals surface area contributed by atoms with Crippen molar-refractivity contribution < 1.29 is 21.6 Å². The Bertz CT molecular complexity index is 532. The lowest BCUT2D eigenvalue weighted by atomic mass is 9.92. The molecule has 0 amide bonds. The van der Waals surface area contributed by atoms with Crippen molar-refractivity contribution in [2.24, 2.45) is 0 Å². The van der Waals surface area contributed by atoms with Gasteiger partial charge in [0.2, 0.25) is 0 Å². The van der Waals surface area contributed by atoms with E-state index in [4.69, 9.17) is 0 Å². The van der Waals surface area contributed by atoms with Crippen molar-refractivity contribution in [1.29, 1.82) is 0 Å². The van der Waals surface area contributed by atoms with Crippen LogP contribution in [0.15, 0.2) is 23.1 Å². The van der Waals surface area contributed by atoms with Crippen LogP contribution in [0, 0.1) is 0 Å². The van der Waals surface area contributed by atoms with Crippen LogP contribution in [0.5, 0.6) is 0 Å². The second-order valence-electron chi connectivity index (χ2n) is 4.09. The summed E-state index contributed by atoms with van der Waals surface area (Å²) in [7, 11) is -5.21. The molecule has 1 aliphatic carbocycles. The van der Waals surface area contributed by atoms with Gasteiger partial charge in [-0.25, -0.2) is 8.42 Å². The lowest BCUT2D eigenvalue weighted by Crippen LogP contribution is -2.23. The van der Waals surface area contributed by atoms with Gasteiger partial charge in [-0.1, -0.05) is 6.07 Å². The topological polar surface area (TPSA) is 34.1 Å². The molecule has 1 aliphatic rings. The predicted molar refractivity (Wildman–Crippen MR) is 56.3 cm³/mol. The summed E-state index contributed by atoms with van der Waals surface area (Å²) in [6.45, 7) is 0. The summed E-state index contributed by atoms with van der Waals surface area (Å²) in [5, 5.41) is 0. The van der Waals surface area contributed by atoms with Crippen LogP contribution >= 0.6 is 0 Å². The normalized spacial score (nSPS) is 16.6. The van der Waals surface area contributed by atoms with E-state index in [0.717, 1.165) is 42.5 Å². The number of halogens is 3. The van der Waals surface area contributed by atoms with Crippen molar-refractivity contribution in [1.82, 2.24) is 0 Å². The minimum Gasteiger partial charge on any atom is -0.214 e. The average molecular weight is 264 g/mol. The van der Waals surface area contributed by atoms with Gasteiger partial charge in [0, 0.05) is 0 Å². The number of sulfone groups is 1. The first kappa shape index (κ1) is 12.4. The highest BCUT2D eigenvalue weighted by Crippen LogP contribution is 2.32. The maximum atomic E-state index is 12.4. The lowest BCUT2D eigenvalue weighted by Gasteiger charge is -2.17. The van der Waals surface area contributed by atoms with Crippen molar-refractivity contribution in [3.63, 3.8) is 0 Å². The van der Waals surface area contributed by atoms with Crippen LogP contribution < -0.4 is 0 Å². The zero-order valence-corrected chi connectivity index (χ0v) is 9.74. The standard InChI is InChI=1S/C11H11F3O2S/c12-11(13,14)17(15,16)10-6-5-8-3-1-2-4-9(8)7-10/h5-7H,1-4H2. The number of benzene rings is 1. The molecule has 0 bridgehead atoms. The van der Waals surface area contributed by atoms with Crippen molar-refractivity contribution in [3.8, 4) is 0 Å². The van der Waals surface area contributed by atoms with Crippen LogP contribution in [-0.2, 0) is 22.7 Å². The molecule has 0 spiro atoms. The molecule has 0 N–H and O–H groups in total. The van der Waals surface area contributed by atoms with E-state index >= 15 is 0 Å². The van der Waals surface area contributed by atoms with Crippen LogP contribution in [0.4, 0.5) is 13.2 Å². The minimum atomic E-state index is -5.23. The molecule has 0 saturated carbocycles. The summed E-state index contributed by atoms with van der Waals surface area (Å²) < 4.78 is 59.5. The Morgan fingerprint density at radius 2 is 1.59 bits per heavy atom. The number of hydrogen-bond donors (Lipinski definition) is 0. The molecule has 94 valence electrons. The van der Waals surface area contributed by atoms with Crippen molar-refractivity contribution in [2.45, 2.75) is 36.1 Å². The molecule has 0 saturated heterocycles. The third-order valence-electron chi connectivity index (χ3n) is 2.93. The fraction of sp³-hybridized carbons (Fsp3) is 0.455. The molecular formula is C11H11F3O2S. The van der Waals surface area contributed by atoms with Gasteiger partial charge in [-0.15, -0.1) is 0 Å². The minimum absolute atomic E-state index is 0.648. The van der Waals surface area contributed by atoms with E-state index < -0.39 is 20.2 Å². The number of aryl methyl sites for hydroxylation is 2. The quantitative estimate of drug-likeness (QED) is 0.781. The highest BCUT2D eigenvalue weighted by Gasteiger charge is 2.46. The molecule has 0 atom stereocenters. The molecule has 0 fully saturated rings. The summed E-state index contributed by atoms with van der Waals surface area (Å²) in [4.78, 5) is -0.648. The van der Waals surface area contributed by atoms with Crippen LogP contribution in [0.3, 0.4) is 0 Å². The first-order chi connectivity index (χ1) is 7.82. The first-order valence-electron chi connectivity index (χ1n) is 5.25. The Morgan fingerprint density at radius 1 is 1.00 bits per heavy atom. The van der Waals surface area contributed by atoms with E-state index in [1.54, 1.807) is 0 Å². The van der Waals surface area contributed by atoms with Gasteiger partial charge in [0.15, 0.2) is 0 Å². The second kappa shape index (κ2) is 4.01. The monoisotopic (exact) mass is 264 g/mol. The largest absolute Gasteiger partial charge is 0.501 e. The fourth-order valence-corrected chi connectivity index (χ4v) is 2.82. The van der Waals surface area contributed by atoms with Gasteiger partial charge >= 0.3 is 5.51 Å². The highest BCUT2D eigenvalue weighted by atomic mass is 32.2. The van der Waals surface area contributed by atoms with Crippen LogP contribution in [-0.4, -0.2) is 13.9 Å². The third-order valence-corrected chi connectivity index (χ3v) is 4.42. The van der Waals surface area contributed by atoms with Gasteiger partial charge in [0.1, 0.15) is 0 Å². The van der Waals surface area contributed by atoms with Crippen molar-refractivity contribution >= 4 is 9.84 Å². The number of fused-ring (bicyclic) bond motifs is 1. The molecule has 2 nitrogen and oxygen atoms in total. The second-order valence-corrected chi connectivity index (χ2v) is 6.03. The molecule has 0 radical (unpaired) electrons. The van der Waals surface area contributed by atoms with Gasteiger partial charge in [-0.3, -0.25) is 0 Å². The predicted octanol–water partition coefficient (Wildman–Crippen LogP) is 2.86. The summed E-state index contributed by atoms with van der Waals surface area (Å²) in [6, 6.07) is 3.71. The molecule has 1 aromatic carbocycles. The van der Waals surface area contributed by atoms with E-state index in [1.165, 1.54) is 6.07 Å². The van der Waals surface area contributed by atoms with Gasteiger partial charge in [-0.05, 0) is 48.9 Å². The zero-order chi connectivity index (χ0) is 12.7. The van der Waals surface area contributed by atoms with Gasteiger partial charge in [-0.2, -0.15) is 13.2 Å². The molecule has 1 aromatic rings. The van der Waals surface area contributed by atoms with E-state index in [1.807, 2.05) is 0 Å². The van der Waals surface area contributed by atoms with E-state index in [-0.39, 0.29) is 0 Å². The molecule has 0 aromatic heterocycles. The molecule has 2 rings (SSSR count). The van der Waals surface area contributed by atoms with Crippen molar-refractivity contribution in [2.75, 3.05) is 0 Å². The molecule has 0 heterocycles. The molecular weight excluding hydrogens is 253 g/mol. The summed E-state index contributed by atoms with van der Waals surface area (Å²) in [6.07, 6.45) is 3.35. The maximum Gasteiger partial charge on any atom is 0.501 e.